The third-order valence-electron chi connectivity index (χ3n) is 3.20. The smallest absolute Gasteiger partial charge is 0.258 e. The summed E-state index contributed by atoms with van der Waals surface area (Å²) in [7, 11) is 1.59. The fraction of sp³-hybridized carbons (Fsp3) is 0.500. The van der Waals surface area contributed by atoms with Crippen LogP contribution in [-0.4, -0.2) is 32.2 Å². The molecule has 1 fully saturated rings. The van der Waals surface area contributed by atoms with Gasteiger partial charge in [0.1, 0.15) is 11.5 Å². The van der Waals surface area contributed by atoms with Crippen LogP contribution in [-0.2, 0) is 4.79 Å². The van der Waals surface area contributed by atoms with Crippen molar-refractivity contribution in [2.24, 2.45) is 11.7 Å². The summed E-state index contributed by atoms with van der Waals surface area (Å²) in [5.41, 5.74) is 5.64. The zero-order chi connectivity index (χ0) is 13.7. The molecule has 0 bridgehead atoms. The van der Waals surface area contributed by atoms with Crippen LogP contribution in [0.15, 0.2) is 24.3 Å². The molecule has 1 aliphatic rings. The molecule has 1 aromatic rings. The van der Waals surface area contributed by atoms with Crippen LogP contribution >= 0.6 is 0 Å². The Morgan fingerprint density at radius 3 is 2.84 bits per heavy atom. The predicted octanol–water partition coefficient (Wildman–Crippen LogP) is 0.927. The van der Waals surface area contributed by atoms with Crippen molar-refractivity contribution >= 4 is 5.91 Å². The third kappa shape index (κ3) is 4.13. The molecule has 0 aromatic heterocycles. The van der Waals surface area contributed by atoms with Crippen molar-refractivity contribution in [1.82, 2.24) is 5.32 Å². The van der Waals surface area contributed by atoms with Crippen LogP contribution in [0.3, 0.4) is 0 Å². The van der Waals surface area contributed by atoms with Gasteiger partial charge in [0.2, 0.25) is 0 Å². The topological polar surface area (TPSA) is 73.6 Å². The molecule has 3 N–H and O–H groups in total. The first kappa shape index (κ1) is 13.7. The normalized spacial score (nSPS) is 15.7. The minimum atomic E-state index is -0.134. The lowest BCUT2D eigenvalue weighted by Crippen LogP contribution is -2.43. The molecule has 5 heteroatoms. The second-order valence-corrected chi connectivity index (χ2v) is 4.71. The van der Waals surface area contributed by atoms with E-state index in [0.29, 0.717) is 24.0 Å². The summed E-state index contributed by atoms with van der Waals surface area (Å²) in [6, 6.07) is 7.26. The van der Waals surface area contributed by atoms with E-state index in [4.69, 9.17) is 15.2 Å². The van der Waals surface area contributed by atoms with Crippen molar-refractivity contribution in [1.29, 1.82) is 0 Å². The van der Waals surface area contributed by atoms with Gasteiger partial charge >= 0.3 is 0 Å². The maximum atomic E-state index is 11.7. The Morgan fingerprint density at radius 2 is 2.21 bits per heavy atom. The number of ether oxygens (including phenoxy) is 2. The molecule has 19 heavy (non-hydrogen) atoms. The monoisotopic (exact) mass is 264 g/mol. The van der Waals surface area contributed by atoms with Crippen LogP contribution in [0.1, 0.15) is 12.8 Å². The zero-order valence-corrected chi connectivity index (χ0v) is 11.1. The molecule has 5 nitrogen and oxygen atoms in total. The van der Waals surface area contributed by atoms with Crippen LogP contribution in [0.4, 0.5) is 0 Å². The number of carbonyl (C=O) groups excluding carboxylic acids is 1. The molecule has 1 atom stereocenters. The summed E-state index contributed by atoms with van der Waals surface area (Å²) in [5.74, 6) is 1.73. The number of methoxy groups -OCH3 is 1. The molecule has 1 amide bonds. The number of amides is 1. The molecule has 1 aromatic carbocycles. The molecule has 0 aliphatic heterocycles. The molecule has 1 unspecified atom stereocenters. The Balaban J connectivity index is 1.78. The maximum absolute atomic E-state index is 11.7. The zero-order valence-electron chi connectivity index (χ0n) is 11.1. The van der Waals surface area contributed by atoms with Crippen LogP contribution in [0.5, 0.6) is 11.5 Å². The summed E-state index contributed by atoms with van der Waals surface area (Å²) >= 11 is 0. The lowest BCUT2D eigenvalue weighted by Gasteiger charge is -2.16. The Hall–Kier alpha value is -1.75. The third-order valence-corrected chi connectivity index (χ3v) is 3.20. The molecule has 0 heterocycles. The van der Waals surface area contributed by atoms with E-state index in [-0.39, 0.29) is 18.6 Å². The standard InChI is InChI=1S/C14H20N2O3/c1-18-11-3-2-4-12(7-11)19-9-14(17)16-13(8-15)10-5-6-10/h2-4,7,10,13H,5-6,8-9,15H2,1H3,(H,16,17). The van der Waals surface area contributed by atoms with E-state index < -0.39 is 0 Å². The van der Waals surface area contributed by atoms with Gasteiger partial charge in [-0.25, -0.2) is 0 Å². The van der Waals surface area contributed by atoms with Gasteiger partial charge in [-0.2, -0.15) is 0 Å². The summed E-state index contributed by atoms with van der Waals surface area (Å²) in [4.78, 5) is 11.7. The first-order valence-electron chi connectivity index (χ1n) is 6.49. The first-order valence-corrected chi connectivity index (χ1v) is 6.49. The van der Waals surface area contributed by atoms with Crippen molar-refractivity contribution in [2.75, 3.05) is 20.3 Å². The summed E-state index contributed by atoms with van der Waals surface area (Å²) in [6.45, 7) is 0.478. The van der Waals surface area contributed by atoms with Crippen LogP contribution < -0.4 is 20.5 Å². The number of benzene rings is 1. The van der Waals surface area contributed by atoms with Crippen molar-refractivity contribution in [2.45, 2.75) is 18.9 Å². The van der Waals surface area contributed by atoms with E-state index in [1.807, 2.05) is 12.1 Å². The molecular weight excluding hydrogens is 244 g/mol. The predicted molar refractivity (Wildman–Crippen MR) is 72.2 cm³/mol. The van der Waals surface area contributed by atoms with E-state index in [1.165, 1.54) is 0 Å². The fourth-order valence-electron chi connectivity index (χ4n) is 1.96. The number of nitrogens with one attached hydrogen (secondary N) is 1. The van der Waals surface area contributed by atoms with Crippen molar-refractivity contribution in [3.63, 3.8) is 0 Å². The van der Waals surface area contributed by atoms with Gasteiger partial charge in [-0.3, -0.25) is 4.79 Å². The highest BCUT2D eigenvalue weighted by molar-refractivity contribution is 5.78. The minimum Gasteiger partial charge on any atom is -0.497 e. The quantitative estimate of drug-likeness (QED) is 0.768. The number of nitrogens with two attached hydrogens (primary N) is 1. The molecule has 0 spiro atoms. The summed E-state index contributed by atoms with van der Waals surface area (Å²) < 4.78 is 10.5. The number of rotatable bonds is 7. The average Bonchev–Trinajstić information content (AvgIpc) is 3.27. The molecule has 0 radical (unpaired) electrons. The van der Waals surface area contributed by atoms with E-state index >= 15 is 0 Å². The molecular formula is C14H20N2O3. The lowest BCUT2D eigenvalue weighted by atomic mass is 10.2. The van der Waals surface area contributed by atoms with Crippen LogP contribution in [0.25, 0.3) is 0 Å². The van der Waals surface area contributed by atoms with Gasteiger partial charge in [-0.15, -0.1) is 0 Å². The van der Waals surface area contributed by atoms with E-state index in [0.717, 1.165) is 12.8 Å². The van der Waals surface area contributed by atoms with Gasteiger partial charge in [0.15, 0.2) is 6.61 Å². The highest BCUT2D eigenvalue weighted by atomic mass is 16.5. The largest absolute Gasteiger partial charge is 0.497 e. The SMILES string of the molecule is COc1cccc(OCC(=O)NC(CN)C2CC2)c1. The van der Waals surface area contributed by atoms with Gasteiger partial charge in [-0.1, -0.05) is 6.07 Å². The van der Waals surface area contributed by atoms with Crippen molar-refractivity contribution in [3.8, 4) is 11.5 Å². The summed E-state index contributed by atoms with van der Waals surface area (Å²) in [5, 5.41) is 2.91. The highest BCUT2D eigenvalue weighted by Gasteiger charge is 2.31. The second kappa shape index (κ2) is 6.43. The molecule has 2 rings (SSSR count). The van der Waals surface area contributed by atoms with E-state index in [2.05, 4.69) is 5.32 Å². The molecule has 0 saturated heterocycles. The Kier molecular flexibility index (Phi) is 4.63. The van der Waals surface area contributed by atoms with Crippen molar-refractivity contribution in [3.05, 3.63) is 24.3 Å². The fourth-order valence-corrected chi connectivity index (χ4v) is 1.96. The number of carbonyl (C=O) groups is 1. The molecule has 1 aliphatic carbocycles. The van der Waals surface area contributed by atoms with Gasteiger partial charge in [-0.05, 0) is 30.9 Å². The van der Waals surface area contributed by atoms with Crippen LogP contribution in [0, 0.1) is 5.92 Å². The molecule has 104 valence electrons. The highest BCUT2D eigenvalue weighted by Crippen LogP contribution is 2.32. The second-order valence-electron chi connectivity index (χ2n) is 4.71. The summed E-state index contributed by atoms with van der Waals surface area (Å²) in [6.07, 6.45) is 2.30. The van der Waals surface area contributed by atoms with Crippen molar-refractivity contribution < 1.29 is 14.3 Å². The lowest BCUT2D eigenvalue weighted by molar-refractivity contribution is -0.123. The van der Waals surface area contributed by atoms with Gasteiger partial charge in [0.05, 0.1) is 7.11 Å². The Morgan fingerprint density at radius 1 is 1.47 bits per heavy atom. The van der Waals surface area contributed by atoms with E-state index in [1.54, 1.807) is 19.2 Å². The van der Waals surface area contributed by atoms with E-state index in [9.17, 15) is 4.79 Å². The number of hydrogen-bond acceptors (Lipinski definition) is 4. The Bertz CT molecular complexity index is 432. The number of hydrogen-bond donors (Lipinski definition) is 2. The molecule has 1 saturated carbocycles. The first-order chi connectivity index (χ1) is 9.22. The average molecular weight is 264 g/mol. The van der Waals surface area contributed by atoms with Crippen LogP contribution in [0.2, 0.25) is 0 Å². The van der Waals surface area contributed by atoms with Gasteiger partial charge in [0, 0.05) is 18.7 Å². The van der Waals surface area contributed by atoms with Gasteiger partial charge in [0.25, 0.3) is 5.91 Å². The van der Waals surface area contributed by atoms with Gasteiger partial charge < -0.3 is 20.5 Å². The minimum absolute atomic E-state index is 0.00358. The Labute approximate surface area is 113 Å². The maximum Gasteiger partial charge on any atom is 0.258 e.